The Balaban J connectivity index is 0.00000289. The number of nitrogens with two attached hydrogens (primary N) is 1. The number of hydrogen-bond donors (Lipinski definition) is 1. The predicted molar refractivity (Wildman–Crippen MR) is 129 cm³/mol. The number of carbonyl (C=O) groups excluding carboxylic acids is 2. The summed E-state index contributed by atoms with van der Waals surface area (Å²) in [6, 6.07) is 25.3. The van der Waals surface area contributed by atoms with Crippen LogP contribution in [-0.2, 0) is 5.41 Å². The van der Waals surface area contributed by atoms with Crippen molar-refractivity contribution >= 4 is 17.3 Å². The van der Waals surface area contributed by atoms with Crippen molar-refractivity contribution in [3.8, 4) is 17.2 Å². The van der Waals surface area contributed by atoms with E-state index in [0.29, 0.717) is 5.75 Å². The van der Waals surface area contributed by atoms with Gasteiger partial charge in [0.15, 0.2) is 17.3 Å². The number of benzene rings is 4. The van der Waals surface area contributed by atoms with Gasteiger partial charge in [-0.2, -0.15) is 0 Å². The Morgan fingerprint density at radius 2 is 1.26 bits per heavy atom. The third-order valence-electron chi connectivity index (χ3n) is 6.46. The molecule has 1 aliphatic carbocycles. The van der Waals surface area contributed by atoms with Crippen molar-refractivity contribution in [3.05, 3.63) is 118 Å². The zero-order valence-corrected chi connectivity index (χ0v) is 21.8. The van der Waals surface area contributed by atoms with E-state index < -0.39 is 17.3 Å². The summed E-state index contributed by atoms with van der Waals surface area (Å²) in [6.07, 6.45) is 0. The number of fused-ring (bicyclic) bond motifs is 2. The molecule has 0 atom stereocenters. The Kier molecular flexibility index (Phi) is 6.60. The average Bonchev–Trinajstić information content (AvgIpc) is 2.85. The maximum Gasteiger partial charge on any atom is 1.00 e. The van der Waals surface area contributed by atoms with Gasteiger partial charge < -0.3 is 15.6 Å². The first-order valence-corrected chi connectivity index (χ1v) is 10.9. The van der Waals surface area contributed by atoms with Crippen LogP contribution >= 0.6 is 0 Å². The topological polar surface area (TPSA) is 92.4 Å². The van der Waals surface area contributed by atoms with Crippen molar-refractivity contribution in [2.24, 2.45) is 0 Å². The van der Waals surface area contributed by atoms with Gasteiger partial charge in [-0.05, 0) is 29.3 Å². The second kappa shape index (κ2) is 9.34. The Morgan fingerprint density at radius 3 is 1.86 bits per heavy atom. The van der Waals surface area contributed by atoms with Gasteiger partial charge in [-0.15, -0.1) is 0 Å². The largest absolute Gasteiger partial charge is 1.00 e. The standard InChI is InChI=1S/C29H23NO4.Na/c1-29(2,17-8-4-3-5-9-17)18-12-14-19(15-13-18)34-23-16-22(31)24-25(26(23)30)28(33)21-11-7-6-10-20(21)27(24)32;/h3-16,31H,30H2,1-2H3;/q;+1/p-1. The van der Waals surface area contributed by atoms with Crippen LogP contribution in [0.5, 0.6) is 17.2 Å². The van der Waals surface area contributed by atoms with Gasteiger partial charge in [-0.25, -0.2) is 0 Å². The van der Waals surface area contributed by atoms with Crippen molar-refractivity contribution in [2.45, 2.75) is 19.3 Å². The summed E-state index contributed by atoms with van der Waals surface area (Å²) in [4.78, 5) is 26.0. The van der Waals surface area contributed by atoms with E-state index in [2.05, 4.69) is 26.0 Å². The van der Waals surface area contributed by atoms with E-state index in [0.717, 1.165) is 5.56 Å². The molecular formula is C29H22NNaO4. The van der Waals surface area contributed by atoms with Gasteiger partial charge in [0.2, 0.25) is 0 Å². The van der Waals surface area contributed by atoms with Crippen LogP contribution in [0.4, 0.5) is 5.69 Å². The molecule has 0 radical (unpaired) electrons. The van der Waals surface area contributed by atoms with E-state index in [1.165, 1.54) is 17.7 Å². The van der Waals surface area contributed by atoms with E-state index >= 15 is 0 Å². The second-order valence-corrected chi connectivity index (χ2v) is 8.86. The van der Waals surface area contributed by atoms with Crippen LogP contribution in [0.1, 0.15) is 56.8 Å². The fraction of sp³-hybridized carbons (Fsp3) is 0.103. The molecule has 0 spiro atoms. The Bertz CT molecular complexity index is 1440. The summed E-state index contributed by atoms with van der Waals surface area (Å²) in [7, 11) is 0. The summed E-state index contributed by atoms with van der Waals surface area (Å²) < 4.78 is 5.91. The number of anilines is 1. The van der Waals surface area contributed by atoms with Gasteiger partial charge in [0, 0.05) is 22.1 Å². The molecule has 4 aromatic carbocycles. The predicted octanol–water partition coefficient (Wildman–Crippen LogP) is 2.24. The first-order chi connectivity index (χ1) is 16.3. The molecule has 1 aliphatic rings. The smallest absolute Gasteiger partial charge is 0.872 e. The van der Waals surface area contributed by atoms with Crippen LogP contribution in [0, 0.1) is 0 Å². The van der Waals surface area contributed by atoms with Gasteiger partial charge in [-0.3, -0.25) is 9.59 Å². The van der Waals surface area contributed by atoms with Crippen LogP contribution < -0.4 is 45.1 Å². The zero-order valence-electron chi connectivity index (χ0n) is 19.8. The van der Waals surface area contributed by atoms with E-state index in [1.54, 1.807) is 30.3 Å². The molecule has 0 saturated carbocycles. The summed E-state index contributed by atoms with van der Waals surface area (Å²) >= 11 is 0. The first-order valence-electron chi connectivity index (χ1n) is 10.9. The zero-order chi connectivity index (χ0) is 24.0. The average molecular weight is 471 g/mol. The third-order valence-corrected chi connectivity index (χ3v) is 6.46. The van der Waals surface area contributed by atoms with Crippen LogP contribution in [0.25, 0.3) is 0 Å². The SMILES string of the molecule is CC(C)(c1ccccc1)c1ccc(Oc2cc([O-])c3c(c2N)C(=O)c2ccccc2C3=O)cc1.[Na+]. The summed E-state index contributed by atoms with van der Waals surface area (Å²) in [6.45, 7) is 4.29. The number of nitrogen functional groups attached to an aromatic ring is 1. The molecule has 0 aliphatic heterocycles. The minimum Gasteiger partial charge on any atom is -0.872 e. The minimum atomic E-state index is -0.589. The Morgan fingerprint density at radius 1 is 0.743 bits per heavy atom. The van der Waals surface area contributed by atoms with Gasteiger partial charge in [0.25, 0.3) is 0 Å². The molecule has 0 heterocycles. The van der Waals surface area contributed by atoms with Gasteiger partial charge >= 0.3 is 29.6 Å². The molecule has 168 valence electrons. The summed E-state index contributed by atoms with van der Waals surface area (Å²) in [5, 5.41) is 12.8. The molecule has 5 nitrogen and oxygen atoms in total. The molecule has 0 aromatic heterocycles. The minimum absolute atomic E-state index is 0. The van der Waals surface area contributed by atoms with Gasteiger partial charge in [-0.1, -0.05) is 86.3 Å². The fourth-order valence-electron chi connectivity index (χ4n) is 4.43. The van der Waals surface area contributed by atoms with Crippen molar-refractivity contribution in [1.29, 1.82) is 0 Å². The number of rotatable bonds is 4. The Labute approximate surface area is 225 Å². The number of hydrogen-bond acceptors (Lipinski definition) is 5. The molecular weight excluding hydrogens is 449 g/mol. The maximum absolute atomic E-state index is 13.1. The van der Waals surface area contributed by atoms with Crippen LogP contribution in [-0.4, -0.2) is 11.6 Å². The van der Waals surface area contributed by atoms with E-state index in [1.807, 2.05) is 30.3 Å². The Hall–Kier alpha value is -3.38. The maximum atomic E-state index is 13.1. The normalized spacial score (nSPS) is 12.4. The monoisotopic (exact) mass is 471 g/mol. The quantitative estimate of drug-likeness (QED) is 0.321. The van der Waals surface area contributed by atoms with E-state index in [4.69, 9.17) is 10.5 Å². The molecule has 0 fully saturated rings. The molecule has 6 heteroatoms. The van der Waals surface area contributed by atoms with Crippen LogP contribution in [0.2, 0.25) is 0 Å². The molecule has 0 bridgehead atoms. The number of carbonyl (C=O) groups is 2. The molecule has 35 heavy (non-hydrogen) atoms. The number of ether oxygens (including phenoxy) is 1. The third kappa shape index (κ3) is 4.16. The molecule has 4 aromatic rings. The van der Waals surface area contributed by atoms with E-state index in [-0.39, 0.29) is 68.7 Å². The van der Waals surface area contributed by atoms with Crippen LogP contribution in [0.15, 0.2) is 84.9 Å². The molecule has 0 unspecified atom stereocenters. The van der Waals surface area contributed by atoms with Crippen LogP contribution in [0.3, 0.4) is 0 Å². The van der Waals surface area contributed by atoms with Gasteiger partial charge in [0.1, 0.15) is 5.75 Å². The first kappa shape index (κ1) is 24.7. The summed E-state index contributed by atoms with van der Waals surface area (Å²) in [5.41, 5.74) is 8.46. The molecule has 2 N–H and O–H groups in total. The molecule has 5 rings (SSSR count). The molecule has 0 amide bonds. The summed E-state index contributed by atoms with van der Waals surface area (Å²) in [5.74, 6) is -1.02. The molecule has 0 saturated heterocycles. The van der Waals surface area contributed by atoms with E-state index in [9.17, 15) is 14.7 Å². The van der Waals surface area contributed by atoms with Crippen molar-refractivity contribution < 1.29 is 49.0 Å². The number of ketones is 2. The fourth-order valence-corrected chi connectivity index (χ4v) is 4.43. The second-order valence-electron chi connectivity index (χ2n) is 8.86. The van der Waals surface area contributed by atoms with Gasteiger partial charge in [0.05, 0.1) is 11.3 Å². The van der Waals surface area contributed by atoms with Crippen molar-refractivity contribution in [2.75, 3.05) is 5.73 Å². The van der Waals surface area contributed by atoms with Crippen molar-refractivity contribution in [3.63, 3.8) is 0 Å². The van der Waals surface area contributed by atoms with Crippen molar-refractivity contribution in [1.82, 2.24) is 0 Å².